The van der Waals surface area contributed by atoms with E-state index in [1.165, 1.54) is 32.6 Å². The van der Waals surface area contributed by atoms with Crippen molar-refractivity contribution in [2.75, 3.05) is 41.0 Å². The van der Waals surface area contributed by atoms with Gasteiger partial charge < -0.3 is 53.5 Å². The molecule has 15 nitrogen and oxygen atoms in total. The number of benzene rings is 3. The van der Waals surface area contributed by atoms with Crippen molar-refractivity contribution in [1.29, 1.82) is 0 Å². The van der Waals surface area contributed by atoms with Gasteiger partial charge in [-0.2, -0.15) is 13.2 Å². The molecular weight excluding hydrogens is 677 g/mol. The second-order valence-corrected chi connectivity index (χ2v) is 9.93. The minimum atomic E-state index is -5.08. The van der Waals surface area contributed by atoms with E-state index >= 15 is 0 Å². The maximum Gasteiger partial charge on any atom is 0.490 e. The van der Waals surface area contributed by atoms with Gasteiger partial charge in [0.2, 0.25) is 25.1 Å². The maximum absolute atomic E-state index is 13.9. The van der Waals surface area contributed by atoms with Crippen molar-refractivity contribution in [2.24, 2.45) is 5.16 Å². The lowest BCUT2D eigenvalue weighted by Gasteiger charge is -2.20. The van der Waals surface area contributed by atoms with Gasteiger partial charge in [-0.3, -0.25) is 4.79 Å². The molecule has 3 aromatic carbocycles. The van der Waals surface area contributed by atoms with Gasteiger partial charge in [-0.05, 0) is 24.6 Å². The molecule has 50 heavy (non-hydrogen) atoms. The number of amides is 1. The Bertz CT molecular complexity index is 1730. The molecule has 18 heteroatoms. The predicted molar refractivity (Wildman–Crippen MR) is 165 cm³/mol. The number of esters is 1. The first kappa shape index (κ1) is 36.9. The standard InChI is InChI=1S/C30H30N2O11.C2HF3O2/c1-4-38-30(35)20-11-22(37-3)26-28(42-16-40-26)24(20)23-19(10-21(36-2)25-27(23)41-15-39-25)29(34)32-18(13-33)12-31-43-14-17-8-6-5-7-9-17;3-2(4,5)1(6)7/h5-12,18,33H,4,13-16H2,1-3H3,(H,32,34);(H,6,7)/b31-12+;. The van der Waals surface area contributed by atoms with Crippen molar-refractivity contribution < 1.29 is 75.8 Å². The van der Waals surface area contributed by atoms with E-state index in [2.05, 4.69) is 10.5 Å². The Morgan fingerprint density at radius 2 is 1.44 bits per heavy atom. The van der Waals surface area contributed by atoms with Crippen LogP contribution in [0.3, 0.4) is 0 Å². The average molecular weight is 709 g/mol. The van der Waals surface area contributed by atoms with Gasteiger partial charge in [0.15, 0.2) is 23.0 Å². The van der Waals surface area contributed by atoms with Crippen LogP contribution in [-0.2, 0) is 21.0 Å². The highest BCUT2D eigenvalue weighted by molar-refractivity contribution is 6.10. The second-order valence-electron chi connectivity index (χ2n) is 9.93. The number of halogens is 3. The second kappa shape index (κ2) is 16.5. The van der Waals surface area contributed by atoms with E-state index < -0.39 is 36.7 Å². The summed E-state index contributed by atoms with van der Waals surface area (Å²) in [6.45, 7) is 1.15. The summed E-state index contributed by atoms with van der Waals surface area (Å²) in [6, 6.07) is 11.4. The highest BCUT2D eigenvalue weighted by Crippen LogP contribution is 2.56. The van der Waals surface area contributed by atoms with E-state index in [1.54, 1.807) is 6.92 Å². The Morgan fingerprint density at radius 1 is 0.920 bits per heavy atom. The summed E-state index contributed by atoms with van der Waals surface area (Å²) in [4.78, 5) is 41.3. The number of ether oxygens (including phenoxy) is 7. The van der Waals surface area contributed by atoms with Crippen LogP contribution in [-0.4, -0.2) is 87.5 Å². The number of hydrogen-bond donors (Lipinski definition) is 3. The first-order valence-electron chi connectivity index (χ1n) is 14.5. The fraction of sp³-hybridized carbons (Fsp3) is 0.312. The van der Waals surface area contributed by atoms with Crippen LogP contribution in [0, 0.1) is 0 Å². The molecule has 0 bridgehead atoms. The van der Waals surface area contributed by atoms with Crippen LogP contribution in [0.4, 0.5) is 13.2 Å². The van der Waals surface area contributed by atoms with Crippen molar-refractivity contribution in [2.45, 2.75) is 25.7 Å². The predicted octanol–water partition coefficient (Wildman–Crippen LogP) is 3.93. The topological polar surface area (TPSA) is 190 Å². The number of carboxylic acids is 1. The third-order valence-electron chi connectivity index (χ3n) is 6.79. The number of carbonyl (C=O) groups excluding carboxylic acids is 2. The normalized spacial score (nSPS) is 13.2. The van der Waals surface area contributed by atoms with Crippen LogP contribution in [0.25, 0.3) is 11.1 Å². The Kier molecular flexibility index (Phi) is 12.2. The maximum atomic E-state index is 13.9. The molecule has 0 saturated carbocycles. The number of oxime groups is 1. The van der Waals surface area contributed by atoms with E-state index in [0.717, 1.165) is 5.56 Å². The van der Waals surface area contributed by atoms with E-state index in [1.807, 2.05) is 30.3 Å². The third kappa shape index (κ3) is 8.38. The van der Waals surface area contributed by atoms with Crippen LogP contribution >= 0.6 is 0 Å². The Labute approximate surface area is 282 Å². The van der Waals surface area contributed by atoms with Crippen molar-refractivity contribution in [3.63, 3.8) is 0 Å². The number of aliphatic carboxylic acids is 1. The van der Waals surface area contributed by atoms with Crippen LogP contribution in [0.1, 0.15) is 33.2 Å². The number of carboxylic acid groups (broad SMARTS) is 1. The number of methoxy groups -OCH3 is 2. The van der Waals surface area contributed by atoms with Gasteiger partial charge >= 0.3 is 18.1 Å². The van der Waals surface area contributed by atoms with Gasteiger partial charge in [0.05, 0.1) is 50.8 Å². The fourth-order valence-corrected chi connectivity index (χ4v) is 4.60. The quantitative estimate of drug-likeness (QED) is 0.140. The van der Waals surface area contributed by atoms with Crippen molar-refractivity contribution in [3.05, 3.63) is 59.2 Å². The van der Waals surface area contributed by atoms with Crippen LogP contribution in [0.2, 0.25) is 0 Å². The lowest BCUT2D eigenvalue weighted by Crippen LogP contribution is -2.39. The van der Waals surface area contributed by atoms with Crippen molar-refractivity contribution in [1.82, 2.24) is 5.32 Å². The lowest BCUT2D eigenvalue weighted by atomic mass is 9.91. The van der Waals surface area contributed by atoms with Gasteiger partial charge in [-0.25, -0.2) is 9.59 Å². The molecule has 1 unspecified atom stereocenters. The number of fused-ring (bicyclic) bond motifs is 2. The highest BCUT2D eigenvalue weighted by atomic mass is 19.4. The third-order valence-corrected chi connectivity index (χ3v) is 6.79. The number of nitrogens with zero attached hydrogens (tertiary/aromatic N) is 1. The number of aliphatic hydroxyl groups excluding tert-OH is 1. The highest BCUT2D eigenvalue weighted by Gasteiger charge is 2.39. The molecule has 1 atom stereocenters. The molecule has 0 aromatic heterocycles. The summed E-state index contributed by atoms with van der Waals surface area (Å²) in [5, 5.41) is 23.7. The van der Waals surface area contributed by atoms with E-state index in [9.17, 15) is 27.9 Å². The zero-order valence-corrected chi connectivity index (χ0v) is 26.7. The Morgan fingerprint density at radius 3 is 1.94 bits per heavy atom. The molecule has 3 aromatic rings. The zero-order chi connectivity index (χ0) is 36.4. The molecule has 268 valence electrons. The summed E-state index contributed by atoms with van der Waals surface area (Å²) >= 11 is 0. The lowest BCUT2D eigenvalue weighted by molar-refractivity contribution is -0.192. The van der Waals surface area contributed by atoms with Crippen LogP contribution in [0.15, 0.2) is 47.6 Å². The molecular formula is C32H31F3N2O13. The van der Waals surface area contributed by atoms with Gasteiger partial charge in [0.25, 0.3) is 5.91 Å². The number of rotatable bonds is 12. The van der Waals surface area contributed by atoms with Crippen LogP contribution < -0.4 is 33.7 Å². The molecule has 0 saturated heterocycles. The van der Waals surface area contributed by atoms with Gasteiger partial charge in [0, 0.05) is 11.1 Å². The molecule has 2 aliphatic heterocycles. The molecule has 2 heterocycles. The summed E-state index contributed by atoms with van der Waals surface area (Å²) in [5.74, 6) is -2.92. The molecule has 0 spiro atoms. The largest absolute Gasteiger partial charge is 0.493 e. The van der Waals surface area contributed by atoms with E-state index in [4.69, 9.17) is 47.9 Å². The molecule has 2 aliphatic rings. The van der Waals surface area contributed by atoms with Gasteiger partial charge in [-0.1, -0.05) is 35.5 Å². The summed E-state index contributed by atoms with van der Waals surface area (Å²) in [7, 11) is 2.84. The van der Waals surface area contributed by atoms with Gasteiger partial charge in [-0.15, -0.1) is 0 Å². The summed E-state index contributed by atoms with van der Waals surface area (Å²) in [5.41, 5.74) is 1.28. The van der Waals surface area contributed by atoms with Crippen molar-refractivity contribution >= 4 is 24.1 Å². The molecule has 1 amide bonds. The van der Waals surface area contributed by atoms with Crippen LogP contribution in [0.5, 0.6) is 34.5 Å². The number of aliphatic hydroxyl groups is 1. The average Bonchev–Trinajstić information content (AvgIpc) is 3.80. The fourth-order valence-electron chi connectivity index (χ4n) is 4.60. The number of hydrogen-bond acceptors (Lipinski definition) is 13. The Hall–Kier alpha value is -5.91. The number of nitrogens with one attached hydrogen (secondary N) is 1. The smallest absolute Gasteiger partial charge is 0.490 e. The first-order chi connectivity index (χ1) is 23.9. The van der Waals surface area contributed by atoms with E-state index in [0.29, 0.717) is 0 Å². The molecule has 0 fully saturated rings. The molecule has 0 aliphatic carbocycles. The summed E-state index contributed by atoms with van der Waals surface area (Å²) < 4.78 is 70.9. The molecule has 5 rings (SSSR count). The first-order valence-corrected chi connectivity index (χ1v) is 14.5. The van der Waals surface area contributed by atoms with E-state index in [-0.39, 0.29) is 83.6 Å². The molecule has 3 N–H and O–H groups in total. The van der Waals surface area contributed by atoms with Crippen molar-refractivity contribution in [3.8, 4) is 45.6 Å². The summed E-state index contributed by atoms with van der Waals surface area (Å²) in [6.07, 6.45) is -3.81. The zero-order valence-electron chi connectivity index (χ0n) is 26.7. The minimum Gasteiger partial charge on any atom is -0.493 e. The molecule has 0 radical (unpaired) electrons. The number of alkyl halides is 3. The number of carbonyl (C=O) groups is 3. The minimum absolute atomic E-state index is 0.0200. The SMILES string of the molecule is CCOC(=O)c1cc(OC)c2c(c1-c1c(C(=O)NC(/C=N/OCc3ccccc3)CO)cc(OC)c3c1OCO3)OCO2.O=C(O)C(F)(F)F. The monoisotopic (exact) mass is 708 g/mol. The Balaban J connectivity index is 0.000000727. The van der Waals surface area contributed by atoms with Gasteiger partial charge in [0.1, 0.15) is 6.61 Å².